The summed E-state index contributed by atoms with van der Waals surface area (Å²) in [5.74, 6) is -1.92. The maximum Gasteiger partial charge on any atom is 0.419 e. The van der Waals surface area contributed by atoms with Crippen molar-refractivity contribution in [3.05, 3.63) is 93.5 Å². The molecule has 1 atom stereocenters. The molecule has 0 aliphatic carbocycles. The number of pyridine rings is 1. The third kappa shape index (κ3) is 3.71. The van der Waals surface area contributed by atoms with Gasteiger partial charge in [-0.15, -0.1) is 0 Å². The monoisotopic (exact) mass is 500 g/mol. The van der Waals surface area contributed by atoms with Gasteiger partial charge >= 0.3 is 6.18 Å². The van der Waals surface area contributed by atoms with Crippen LogP contribution in [-0.4, -0.2) is 24.9 Å². The molecule has 1 aliphatic rings. The number of amides is 1. The lowest BCUT2D eigenvalue weighted by molar-refractivity contribution is -0.139. The summed E-state index contributed by atoms with van der Waals surface area (Å²) in [5, 5.41) is 0.126. The van der Waals surface area contributed by atoms with Gasteiger partial charge in [0.05, 0.1) is 29.9 Å². The number of halogens is 4. The molecule has 0 bridgehead atoms. The Hall–Kier alpha value is -4.15. The van der Waals surface area contributed by atoms with E-state index in [4.69, 9.17) is 4.42 Å². The number of aromatic nitrogens is 3. The highest BCUT2D eigenvalue weighted by Gasteiger charge is 2.36. The molecule has 0 N–H and O–H groups in total. The number of rotatable bonds is 3. The summed E-state index contributed by atoms with van der Waals surface area (Å²) in [4.78, 5) is 32.4. The number of hydrogen-bond acceptors (Lipinski definition) is 4. The van der Waals surface area contributed by atoms with Crippen LogP contribution in [0.5, 0.6) is 0 Å². The first kappa shape index (κ1) is 23.6. The Bertz CT molecular complexity index is 1610. The summed E-state index contributed by atoms with van der Waals surface area (Å²) in [5.41, 5.74) is 0.0985. The van der Waals surface area contributed by atoms with Crippen LogP contribution in [-0.2, 0) is 12.7 Å². The quantitative estimate of drug-likeness (QED) is 0.355. The molecule has 4 aromatic rings. The first-order valence-corrected chi connectivity index (χ1v) is 11.0. The van der Waals surface area contributed by atoms with Crippen LogP contribution < -0.4 is 5.56 Å². The standard InChI is InChI=1S/C25H20F4N4O3/c1-13-10-31(12-30-13)20-4-5-21-24(35)33(14(2)6-7-32(21)23(20)34)15(3)17-11-36-22-9-18(25(27,28)29)19(26)8-16(17)22/h4-6,8-12,15H,7H2,1-3H3. The second kappa shape index (κ2) is 8.21. The van der Waals surface area contributed by atoms with Gasteiger partial charge in [0, 0.05) is 29.4 Å². The van der Waals surface area contributed by atoms with E-state index in [2.05, 4.69) is 4.98 Å². The maximum absolute atomic E-state index is 14.3. The van der Waals surface area contributed by atoms with Crippen LogP contribution in [0.25, 0.3) is 16.7 Å². The highest BCUT2D eigenvalue weighted by atomic mass is 19.4. The molecule has 0 saturated heterocycles. The number of benzene rings is 1. The van der Waals surface area contributed by atoms with E-state index in [9.17, 15) is 27.2 Å². The third-order valence-corrected chi connectivity index (χ3v) is 6.37. The van der Waals surface area contributed by atoms with Gasteiger partial charge < -0.3 is 13.9 Å². The zero-order chi connectivity index (χ0) is 25.9. The number of carbonyl (C=O) groups excluding carboxylic acids is 1. The number of allylic oxidation sites excluding steroid dienone is 2. The van der Waals surface area contributed by atoms with Crippen molar-refractivity contribution in [2.75, 3.05) is 0 Å². The number of hydrogen-bond donors (Lipinski definition) is 0. The second-order valence-corrected chi connectivity index (χ2v) is 8.66. The molecule has 7 nitrogen and oxygen atoms in total. The highest BCUT2D eigenvalue weighted by Crippen LogP contribution is 2.38. The van der Waals surface area contributed by atoms with Gasteiger partial charge in [0.15, 0.2) is 0 Å². The molecule has 36 heavy (non-hydrogen) atoms. The van der Waals surface area contributed by atoms with Gasteiger partial charge in [-0.1, -0.05) is 0 Å². The first-order valence-electron chi connectivity index (χ1n) is 11.0. The van der Waals surface area contributed by atoms with Crippen molar-refractivity contribution in [3.8, 4) is 5.69 Å². The molecule has 4 heterocycles. The molecule has 1 unspecified atom stereocenters. The predicted octanol–water partition coefficient (Wildman–Crippen LogP) is 5.37. The van der Waals surface area contributed by atoms with E-state index >= 15 is 0 Å². The van der Waals surface area contributed by atoms with Gasteiger partial charge in [-0.3, -0.25) is 14.2 Å². The predicted molar refractivity (Wildman–Crippen MR) is 122 cm³/mol. The van der Waals surface area contributed by atoms with Crippen molar-refractivity contribution in [3.63, 3.8) is 0 Å². The third-order valence-electron chi connectivity index (χ3n) is 6.37. The Labute approximate surface area is 201 Å². The average Bonchev–Trinajstić information content (AvgIpc) is 3.39. The number of furan rings is 1. The van der Waals surface area contributed by atoms with Crippen LogP contribution in [0, 0.1) is 12.7 Å². The molecule has 0 fully saturated rings. The van der Waals surface area contributed by atoms with E-state index in [-0.39, 0.29) is 28.8 Å². The molecular weight excluding hydrogens is 480 g/mol. The van der Waals surface area contributed by atoms with Crippen LogP contribution >= 0.6 is 0 Å². The number of fused-ring (bicyclic) bond motifs is 2. The van der Waals surface area contributed by atoms with Gasteiger partial charge in [-0.2, -0.15) is 13.2 Å². The molecule has 0 radical (unpaired) electrons. The molecule has 5 rings (SSSR count). The van der Waals surface area contributed by atoms with Crippen LogP contribution in [0.15, 0.2) is 64.0 Å². The number of nitrogens with zero attached hydrogens (tertiary/aromatic N) is 4. The van der Waals surface area contributed by atoms with Crippen LogP contribution in [0.1, 0.15) is 47.2 Å². The Morgan fingerprint density at radius 3 is 2.56 bits per heavy atom. The minimum atomic E-state index is -4.87. The van der Waals surface area contributed by atoms with Gasteiger partial charge in [0.2, 0.25) is 0 Å². The summed E-state index contributed by atoms with van der Waals surface area (Å²) < 4.78 is 61.9. The number of aryl methyl sites for hydroxylation is 1. The fraction of sp³-hybridized carbons (Fsp3) is 0.240. The van der Waals surface area contributed by atoms with Crippen molar-refractivity contribution in [2.45, 2.75) is 39.5 Å². The Morgan fingerprint density at radius 1 is 1.14 bits per heavy atom. The summed E-state index contributed by atoms with van der Waals surface area (Å²) in [7, 11) is 0. The summed E-state index contributed by atoms with van der Waals surface area (Å²) >= 11 is 0. The lowest BCUT2D eigenvalue weighted by atomic mass is 10.0. The lowest BCUT2D eigenvalue weighted by Gasteiger charge is -2.29. The van der Waals surface area contributed by atoms with Gasteiger partial charge in [-0.05, 0) is 51.1 Å². The molecule has 0 saturated carbocycles. The maximum atomic E-state index is 14.3. The topological polar surface area (TPSA) is 73.3 Å². The van der Waals surface area contributed by atoms with E-state index in [1.54, 1.807) is 43.7 Å². The smallest absolute Gasteiger partial charge is 0.419 e. The Balaban J connectivity index is 1.57. The highest BCUT2D eigenvalue weighted by molar-refractivity contribution is 5.95. The normalized spacial score (nSPS) is 15.1. The van der Waals surface area contributed by atoms with E-state index in [0.717, 1.165) is 11.8 Å². The van der Waals surface area contributed by atoms with Gasteiger partial charge in [0.1, 0.15) is 22.8 Å². The van der Waals surface area contributed by atoms with E-state index in [1.807, 2.05) is 0 Å². The van der Waals surface area contributed by atoms with Crippen LogP contribution in [0.4, 0.5) is 17.6 Å². The van der Waals surface area contributed by atoms with Crippen LogP contribution in [0.3, 0.4) is 0 Å². The molecule has 11 heteroatoms. The zero-order valence-electron chi connectivity index (χ0n) is 19.4. The van der Waals surface area contributed by atoms with Crippen LogP contribution in [0.2, 0.25) is 0 Å². The summed E-state index contributed by atoms with van der Waals surface area (Å²) in [6, 6.07) is 3.74. The summed E-state index contributed by atoms with van der Waals surface area (Å²) in [6.45, 7) is 5.27. The lowest BCUT2D eigenvalue weighted by Crippen LogP contribution is -2.35. The molecule has 186 valence electrons. The minimum absolute atomic E-state index is 0.126. The van der Waals surface area contributed by atoms with E-state index in [1.165, 1.54) is 28.1 Å². The van der Waals surface area contributed by atoms with Gasteiger partial charge in [0.25, 0.3) is 11.5 Å². The Morgan fingerprint density at radius 2 is 1.89 bits per heavy atom. The molecule has 1 amide bonds. The number of carbonyl (C=O) groups is 1. The molecule has 1 aromatic carbocycles. The molecular formula is C25H20F4N4O3. The minimum Gasteiger partial charge on any atom is -0.464 e. The number of alkyl halides is 3. The average molecular weight is 500 g/mol. The first-order chi connectivity index (χ1) is 17.0. The van der Waals surface area contributed by atoms with E-state index in [0.29, 0.717) is 23.0 Å². The van der Waals surface area contributed by atoms with Gasteiger partial charge in [-0.25, -0.2) is 9.37 Å². The second-order valence-electron chi connectivity index (χ2n) is 8.66. The van der Waals surface area contributed by atoms with E-state index < -0.39 is 29.5 Å². The fourth-order valence-corrected chi connectivity index (χ4v) is 4.52. The SMILES string of the molecule is CC1=CCn2c(ccc(-n3cnc(C)c3)c2=O)C(=O)N1C(C)c1coc2cc(C(F)(F)F)c(F)cc12. The Kier molecular flexibility index (Phi) is 5.38. The fourth-order valence-electron chi connectivity index (χ4n) is 4.52. The zero-order valence-corrected chi connectivity index (χ0v) is 19.4. The molecule has 1 aliphatic heterocycles. The van der Waals surface area contributed by atoms with Crippen molar-refractivity contribution in [1.29, 1.82) is 0 Å². The molecule has 0 spiro atoms. The van der Waals surface area contributed by atoms with Crippen molar-refractivity contribution in [2.24, 2.45) is 0 Å². The number of imidazole rings is 1. The largest absolute Gasteiger partial charge is 0.464 e. The van der Waals surface area contributed by atoms with Crippen molar-refractivity contribution < 1.29 is 26.8 Å². The summed E-state index contributed by atoms with van der Waals surface area (Å²) in [6.07, 6.45) is 1.27. The van der Waals surface area contributed by atoms with Crippen molar-refractivity contribution >= 4 is 16.9 Å². The van der Waals surface area contributed by atoms with Crippen molar-refractivity contribution in [1.82, 2.24) is 19.0 Å². The molecule has 3 aromatic heterocycles.